The molecule has 50 heavy (non-hydrogen) atoms. The van der Waals surface area contributed by atoms with Crippen LogP contribution in [0.15, 0.2) is 119 Å². The van der Waals surface area contributed by atoms with E-state index in [4.69, 9.17) is 0 Å². The van der Waals surface area contributed by atoms with Crippen molar-refractivity contribution in [2.75, 3.05) is 62.2 Å². The standard InChI is InChI=1S/2C19H24N2O3S/c2*1-19(2,22)16-8-10-17(11-9-16)20-12-14-21(15-13-20)25(23,24)18-6-4-3-5-7-18/h2*3-11,22H,12-15H2,1-2H3. The number of sulfonamides is 2. The second kappa shape index (κ2) is 15.2. The highest BCUT2D eigenvalue weighted by atomic mass is 32.2. The lowest BCUT2D eigenvalue weighted by Crippen LogP contribution is -2.48. The molecule has 0 unspecified atom stereocenters. The van der Waals surface area contributed by atoms with Crippen LogP contribution < -0.4 is 9.80 Å². The first-order chi connectivity index (χ1) is 23.6. The Morgan fingerprint density at radius 2 is 0.720 bits per heavy atom. The van der Waals surface area contributed by atoms with Crippen molar-refractivity contribution in [3.63, 3.8) is 0 Å². The number of nitrogens with zero attached hydrogens (tertiary/aromatic N) is 4. The lowest BCUT2D eigenvalue weighted by Gasteiger charge is -2.35. The molecular weight excluding hydrogens is 673 g/mol. The molecule has 0 spiro atoms. The number of aliphatic hydroxyl groups is 2. The molecule has 0 atom stereocenters. The summed E-state index contributed by atoms with van der Waals surface area (Å²) in [7, 11) is -6.84. The summed E-state index contributed by atoms with van der Waals surface area (Å²) < 4.78 is 53.8. The van der Waals surface area contributed by atoms with Crippen LogP contribution in [0, 0.1) is 0 Å². The van der Waals surface area contributed by atoms with Gasteiger partial charge in [0.2, 0.25) is 20.0 Å². The minimum Gasteiger partial charge on any atom is -0.386 e. The lowest BCUT2D eigenvalue weighted by molar-refractivity contribution is 0.0780. The minimum absolute atomic E-state index is 0.345. The van der Waals surface area contributed by atoms with E-state index in [2.05, 4.69) is 9.80 Å². The van der Waals surface area contributed by atoms with E-state index in [-0.39, 0.29) is 0 Å². The van der Waals surface area contributed by atoms with Crippen molar-refractivity contribution in [1.29, 1.82) is 0 Å². The van der Waals surface area contributed by atoms with Crippen LogP contribution in [0.5, 0.6) is 0 Å². The zero-order valence-corrected chi connectivity index (χ0v) is 30.8. The van der Waals surface area contributed by atoms with E-state index in [1.165, 1.54) is 0 Å². The Balaban J connectivity index is 0.000000194. The molecule has 2 N–H and O–H groups in total. The number of anilines is 2. The highest BCUT2D eigenvalue weighted by Gasteiger charge is 2.30. The quantitative estimate of drug-likeness (QED) is 0.265. The van der Waals surface area contributed by atoms with Gasteiger partial charge in [-0.1, -0.05) is 60.7 Å². The maximum Gasteiger partial charge on any atom is 0.243 e. The molecule has 2 aliphatic heterocycles. The Labute approximate surface area is 297 Å². The Hall–Kier alpha value is -3.78. The molecule has 0 aromatic heterocycles. The maximum absolute atomic E-state index is 12.7. The molecule has 268 valence electrons. The largest absolute Gasteiger partial charge is 0.386 e. The molecular formula is C38H48N4O6S2. The fraction of sp³-hybridized carbons (Fsp3) is 0.368. The molecule has 0 aliphatic carbocycles. The van der Waals surface area contributed by atoms with E-state index in [1.54, 1.807) is 84.8 Å². The molecule has 12 heteroatoms. The van der Waals surface area contributed by atoms with Crippen LogP contribution in [0.2, 0.25) is 0 Å². The number of hydrogen-bond acceptors (Lipinski definition) is 8. The fourth-order valence-corrected chi connectivity index (χ4v) is 8.90. The first-order valence-electron chi connectivity index (χ1n) is 16.8. The molecule has 0 amide bonds. The van der Waals surface area contributed by atoms with Gasteiger partial charge in [-0.25, -0.2) is 16.8 Å². The zero-order chi connectivity index (χ0) is 36.2. The maximum atomic E-state index is 12.7. The average molecular weight is 721 g/mol. The van der Waals surface area contributed by atoms with Crippen molar-refractivity contribution in [2.45, 2.75) is 48.7 Å². The fourth-order valence-electron chi connectivity index (χ4n) is 6.02. The normalized spacial score (nSPS) is 16.8. The van der Waals surface area contributed by atoms with Gasteiger partial charge in [0, 0.05) is 63.7 Å². The van der Waals surface area contributed by atoms with E-state index < -0.39 is 31.2 Å². The molecule has 2 aliphatic rings. The molecule has 4 aromatic carbocycles. The SMILES string of the molecule is CC(C)(O)c1ccc(N2CCN(S(=O)(=O)c3ccccc3)CC2)cc1.CC(C)(O)c1ccc(N2CCN(S(=O)(=O)c3ccccc3)CC2)cc1. The molecule has 6 rings (SSSR count). The Morgan fingerprint density at radius 3 is 0.980 bits per heavy atom. The van der Waals surface area contributed by atoms with Crippen LogP contribution in [0.25, 0.3) is 0 Å². The van der Waals surface area contributed by atoms with E-state index >= 15 is 0 Å². The highest BCUT2D eigenvalue weighted by Crippen LogP contribution is 2.27. The molecule has 0 bridgehead atoms. The molecule has 2 heterocycles. The van der Waals surface area contributed by atoms with E-state index in [0.717, 1.165) is 22.5 Å². The van der Waals surface area contributed by atoms with Crippen molar-refractivity contribution in [3.05, 3.63) is 120 Å². The van der Waals surface area contributed by atoms with E-state index in [1.807, 2.05) is 60.7 Å². The molecule has 0 radical (unpaired) electrons. The predicted molar refractivity (Wildman–Crippen MR) is 198 cm³/mol. The van der Waals surface area contributed by atoms with Gasteiger partial charge in [0.25, 0.3) is 0 Å². The topological polar surface area (TPSA) is 122 Å². The van der Waals surface area contributed by atoms with Crippen LogP contribution in [0.4, 0.5) is 11.4 Å². The van der Waals surface area contributed by atoms with Crippen molar-refractivity contribution in [3.8, 4) is 0 Å². The van der Waals surface area contributed by atoms with Crippen LogP contribution in [-0.4, -0.2) is 88.0 Å². The predicted octanol–water partition coefficient (Wildman–Crippen LogP) is 4.85. The average Bonchev–Trinajstić information content (AvgIpc) is 3.12. The Morgan fingerprint density at radius 1 is 0.440 bits per heavy atom. The number of benzene rings is 4. The third-order valence-electron chi connectivity index (χ3n) is 9.12. The van der Waals surface area contributed by atoms with Gasteiger partial charge in [-0.05, 0) is 87.4 Å². The summed E-state index contributed by atoms with van der Waals surface area (Å²) in [5.41, 5.74) is 2.10. The highest BCUT2D eigenvalue weighted by molar-refractivity contribution is 7.89. The minimum atomic E-state index is -3.42. The van der Waals surface area contributed by atoms with Crippen molar-refractivity contribution < 1.29 is 27.0 Å². The van der Waals surface area contributed by atoms with Gasteiger partial charge in [-0.3, -0.25) is 0 Å². The first kappa shape index (κ1) is 37.5. The summed E-state index contributed by atoms with van der Waals surface area (Å²) >= 11 is 0. The van der Waals surface area contributed by atoms with Gasteiger partial charge < -0.3 is 20.0 Å². The van der Waals surface area contributed by atoms with Crippen LogP contribution in [-0.2, 0) is 31.2 Å². The summed E-state index contributed by atoms with van der Waals surface area (Å²) in [5.74, 6) is 0. The second-order valence-electron chi connectivity index (χ2n) is 13.6. The molecule has 0 saturated carbocycles. The smallest absolute Gasteiger partial charge is 0.243 e. The van der Waals surface area contributed by atoms with Crippen LogP contribution in [0.1, 0.15) is 38.8 Å². The second-order valence-corrected chi connectivity index (χ2v) is 17.5. The summed E-state index contributed by atoms with van der Waals surface area (Å²) in [4.78, 5) is 5.03. The summed E-state index contributed by atoms with van der Waals surface area (Å²) in [5, 5.41) is 20.1. The third kappa shape index (κ3) is 8.92. The Kier molecular flexibility index (Phi) is 11.4. The van der Waals surface area contributed by atoms with Gasteiger partial charge in [0.15, 0.2) is 0 Å². The molecule has 10 nitrogen and oxygen atoms in total. The summed E-state index contributed by atoms with van der Waals surface area (Å²) in [6, 6.07) is 32.7. The summed E-state index contributed by atoms with van der Waals surface area (Å²) in [6.07, 6.45) is 0. The van der Waals surface area contributed by atoms with Gasteiger partial charge in [-0.15, -0.1) is 0 Å². The van der Waals surface area contributed by atoms with Crippen LogP contribution >= 0.6 is 0 Å². The van der Waals surface area contributed by atoms with Crippen molar-refractivity contribution in [1.82, 2.24) is 8.61 Å². The van der Waals surface area contributed by atoms with Crippen molar-refractivity contribution in [2.24, 2.45) is 0 Å². The van der Waals surface area contributed by atoms with Gasteiger partial charge in [0.05, 0.1) is 21.0 Å². The number of piperazine rings is 2. The number of rotatable bonds is 8. The van der Waals surface area contributed by atoms with Crippen LogP contribution in [0.3, 0.4) is 0 Å². The first-order valence-corrected chi connectivity index (χ1v) is 19.7. The third-order valence-corrected chi connectivity index (χ3v) is 12.9. The summed E-state index contributed by atoms with van der Waals surface area (Å²) in [6.45, 7) is 11.5. The molecule has 2 fully saturated rings. The zero-order valence-electron chi connectivity index (χ0n) is 29.2. The van der Waals surface area contributed by atoms with Gasteiger partial charge >= 0.3 is 0 Å². The van der Waals surface area contributed by atoms with Gasteiger partial charge in [0.1, 0.15) is 0 Å². The molecule has 2 saturated heterocycles. The molecule has 4 aromatic rings. The number of hydrogen-bond donors (Lipinski definition) is 2. The monoisotopic (exact) mass is 720 g/mol. The van der Waals surface area contributed by atoms with Gasteiger partial charge in [-0.2, -0.15) is 8.61 Å². The van der Waals surface area contributed by atoms with E-state index in [9.17, 15) is 27.0 Å². The lowest BCUT2D eigenvalue weighted by atomic mass is 9.98. The van der Waals surface area contributed by atoms with E-state index in [0.29, 0.717) is 62.1 Å². The van der Waals surface area contributed by atoms with Crippen molar-refractivity contribution >= 4 is 31.4 Å². The Bertz CT molecular complexity index is 1750.